The van der Waals surface area contributed by atoms with Crippen molar-refractivity contribution in [1.82, 2.24) is 4.90 Å². The van der Waals surface area contributed by atoms with Crippen molar-refractivity contribution in [2.24, 2.45) is 5.73 Å². The molecule has 0 aliphatic heterocycles. The molecule has 2 saturated carbocycles. The molecule has 0 heterocycles. The first-order valence-corrected chi connectivity index (χ1v) is 6.93. The van der Waals surface area contributed by atoms with E-state index in [0.717, 1.165) is 37.7 Å². The molecule has 0 unspecified atom stereocenters. The van der Waals surface area contributed by atoms with E-state index in [2.05, 4.69) is 0 Å². The Labute approximate surface area is 112 Å². The molecule has 1 aromatic carbocycles. The van der Waals surface area contributed by atoms with Crippen LogP contribution in [0.5, 0.6) is 0 Å². The summed E-state index contributed by atoms with van der Waals surface area (Å²) in [4.78, 5) is 14.4. The van der Waals surface area contributed by atoms with E-state index in [-0.39, 0.29) is 11.7 Å². The number of rotatable bonds is 4. The first-order chi connectivity index (χ1) is 9.08. The van der Waals surface area contributed by atoms with E-state index in [9.17, 15) is 9.18 Å². The van der Waals surface area contributed by atoms with Crippen LogP contribution in [-0.4, -0.2) is 22.4 Å². The van der Waals surface area contributed by atoms with Gasteiger partial charge in [-0.1, -0.05) is 12.1 Å². The highest BCUT2D eigenvalue weighted by Crippen LogP contribution is 2.36. The van der Waals surface area contributed by atoms with Gasteiger partial charge in [-0.3, -0.25) is 4.79 Å². The Kier molecular flexibility index (Phi) is 3.05. The number of amides is 1. The van der Waals surface area contributed by atoms with Crippen molar-refractivity contribution in [1.29, 1.82) is 0 Å². The maximum absolute atomic E-state index is 12.9. The first-order valence-electron chi connectivity index (χ1n) is 6.93. The van der Waals surface area contributed by atoms with Crippen molar-refractivity contribution in [3.05, 3.63) is 35.6 Å². The predicted octanol–water partition coefficient (Wildman–Crippen LogP) is 2.20. The largest absolute Gasteiger partial charge is 0.334 e. The van der Waals surface area contributed by atoms with Gasteiger partial charge in [0.15, 0.2) is 0 Å². The van der Waals surface area contributed by atoms with E-state index in [1.165, 1.54) is 12.1 Å². The number of hydrogen-bond acceptors (Lipinski definition) is 2. The van der Waals surface area contributed by atoms with Gasteiger partial charge in [-0.05, 0) is 49.8 Å². The van der Waals surface area contributed by atoms with Crippen LogP contribution in [0.25, 0.3) is 0 Å². The van der Waals surface area contributed by atoms with Crippen LogP contribution >= 0.6 is 0 Å². The monoisotopic (exact) mass is 262 g/mol. The Morgan fingerprint density at radius 3 is 2.42 bits per heavy atom. The summed E-state index contributed by atoms with van der Waals surface area (Å²) in [6.45, 7) is 0.544. The van der Waals surface area contributed by atoms with Crippen LogP contribution in [0.1, 0.15) is 37.7 Å². The van der Waals surface area contributed by atoms with Crippen LogP contribution in [0.3, 0.4) is 0 Å². The average molecular weight is 262 g/mol. The van der Waals surface area contributed by atoms with Crippen molar-refractivity contribution < 1.29 is 9.18 Å². The lowest BCUT2D eigenvalue weighted by Crippen LogP contribution is -2.59. The predicted molar refractivity (Wildman–Crippen MR) is 70.7 cm³/mol. The van der Waals surface area contributed by atoms with Gasteiger partial charge in [0.1, 0.15) is 5.82 Å². The number of hydrogen-bond donors (Lipinski definition) is 1. The number of benzene rings is 1. The molecule has 0 spiro atoms. The maximum Gasteiger partial charge on any atom is 0.243 e. The molecular weight excluding hydrogens is 243 g/mol. The van der Waals surface area contributed by atoms with Crippen LogP contribution in [-0.2, 0) is 11.3 Å². The van der Waals surface area contributed by atoms with E-state index in [0.29, 0.717) is 12.6 Å². The number of nitrogens with two attached hydrogens (primary N) is 1. The molecule has 1 amide bonds. The summed E-state index contributed by atoms with van der Waals surface area (Å²) in [5.41, 5.74) is 6.47. The second-order valence-corrected chi connectivity index (χ2v) is 5.80. The lowest BCUT2D eigenvalue weighted by atomic mass is 9.76. The number of carbonyl (C=O) groups excluding carboxylic acids is 1. The van der Waals surface area contributed by atoms with Gasteiger partial charge >= 0.3 is 0 Å². The minimum Gasteiger partial charge on any atom is -0.334 e. The fraction of sp³-hybridized carbons (Fsp3) is 0.533. The zero-order valence-corrected chi connectivity index (χ0v) is 10.9. The zero-order chi connectivity index (χ0) is 13.5. The topological polar surface area (TPSA) is 46.3 Å². The van der Waals surface area contributed by atoms with Crippen LogP contribution < -0.4 is 5.73 Å². The standard InChI is InChI=1S/C15H19FN2O/c16-12-4-2-11(3-5-12)10-18(13-6-7-13)14(19)15(17)8-1-9-15/h2-5,13H,1,6-10,17H2. The van der Waals surface area contributed by atoms with Gasteiger partial charge in [0.25, 0.3) is 0 Å². The summed E-state index contributed by atoms with van der Waals surface area (Å²) < 4.78 is 12.9. The molecule has 0 aromatic heterocycles. The van der Waals surface area contributed by atoms with E-state index >= 15 is 0 Å². The third kappa shape index (κ3) is 2.50. The van der Waals surface area contributed by atoms with Gasteiger partial charge in [-0.2, -0.15) is 0 Å². The second-order valence-electron chi connectivity index (χ2n) is 5.80. The Morgan fingerprint density at radius 1 is 1.32 bits per heavy atom. The van der Waals surface area contributed by atoms with Gasteiger partial charge in [0.2, 0.25) is 5.91 Å². The average Bonchev–Trinajstić information content (AvgIpc) is 3.19. The molecule has 0 saturated heterocycles. The fourth-order valence-corrected chi connectivity index (χ4v) is 2.60. The summed E-state index contributed by atoms with van der Waals surface area (Å²) in [6, 6.07) is 6.68. The smallest absolute Gasteiger partial charge is 0.243 e. The maximum atomic E-state index is 12.9. The highest BCUT2D eigenvalue weighted by atomic mass is 19.1. The molecule has 0 atom stereocenters. The van der Waals surface area contributed by atoms with Crippen molar-refractivity contribution in [2.75, 3.05) is 0 Å². The molecule has 2 fully saturated rings. The van der Waals surface area contributed by atoms with E-state index in [1.54, 1.807) is 12.1 Å². The third-order valence-corrected chi connectivity index (χ3v) is 4.19. The minimum atomic E-state index is -0.636. The summed E-state index contributed by atoms with van der Waals surface area (Å²) in [7, 11) is 0. The highest BCUT2D eigenvalue weighted by molar-refractivity contribution is 5.87. The molecule has 1 aromatic rings. The van der Waals surface area contributed by atoms with Crippen LogP contribution in [0.4, 0.5) is 4.39 Å². The Bertz CT molecular complexity index is 477. The first kappa shape index (κ1) is 12.6. The molecular formula is C15H19FN2O. The molecule has 4 heteroatoms. The van der Waals surface area contributed by atoms with Crippen molar-refractivity contribution in [3.8, 4) is 0 Å². The molecule has 3 rings (SSSR count). The van der Waals surface area contributed by atoms with E-state index in [1.807, 2.05) is 4.90 Å². The van der Waals surface area contributed by atoms with Crippen LogP contribution in [0, 0.1) is 5.82 Å². The third-order valence-electron chi connectivity index (χ3n) is 4.19. The number of carbonyl (C=O) groups is 1. The highest BCUT2D eigenvalue weighted by Gasteiger charge is 2.46. The van der Waals surface area contributed by atoms with Gasteiger partial charge in [0, 0.05) is 12.6 Å². The normalized spacial score (nSPS) is 20.7. The van der Waals surface area contributed by atoms with Crippen LogP contribution in [0.2, 0.25) is 0 Å². The molecule has 102 valence electrons. The SMILES string of the molecule is NC1(C(=O)N(Cc2ccc(F)cc2)C2CC2)CCC1. The van der Waals surface area contributed by atoms with E-state index < -0.39 is 5.54 Å². The molecule has 0 radical (unpaired) electrons. The molecule has 0 bridgehead atoms. The second kappa shape index (κ2) is 4.60. The van der Waals surface area contributed by atoms with Gasteiger partial charge < -0.3 is 10.6 Å². The Morgan fingerprint density at radius 2 is 1.95 bits per heavy atom. The summed E-state index contributed by atoms with van der Waals surface area (Å²) in [6.07, 6.45) is 4.74. The molecule has 19 heavy (non-hydrogen) atoms. The molecule has 3 nitrogen and oxygen atoms in total. The lowest BCUT2D eigenvalue weighted by molar-refractivity contribution is -0.141. The Hall–Kier alpha value is -1.42. The minimum absolute atomic E-state index is 0.0746. The molecule has 2 N–H and O–H groups in total. The van der Waals surface area contributed by atoms with Gasteiger partial charge in [-0.15, -0.1) is 0 Å². The summed E-state index contributed by atoms with van der Waals surface area (Å²) in [5.74, 6) is -0.173. The molecule has 2 aliphatic carbocycles. The zero-order valence-electron chi connectivity index (χ0n) is 10.9. The summed E-state index contributed by atoms with van der Waals surface area (Å²) >= 11 is 0. The number of halogens is 1. The van der Waals surface area contributed by atoms with Crippen LogP contribution in [0.15, 0.2) is 24.3 Å². The van der Waals surface area contributed by atoms with Gasteiger partial charge in [0.05, 0.1) is 5.54 Å². The fourth-order valence-electron chi connectivity index (χ4n) is 2.60. The van der Waals surface area contributed by atoms with Gasteiger partial charge in [-0.25, -0.2) is 4.39 Å². The van der Waals surface area contributed by atoms with Crippen molar-refractivity contribution in [2.45, 2.75) is 50.2 Å². The van der Waals surface area contributed by atoms with Crippen molar-refractivity contribution in [3.63, 3.8) is 0 Å². The quantitative estimate of drug-likeness (QED) is 0.904. The number of nitrogens with zero attached hydrogens (tertiary/aromatic N) is 1. The molecule has 2 aliphatic rings. The van der Waals surface area contributed by atoms with E-state index in [4.69, 9.17) is 5.73 Å². The lowest BCUT2D eigenvalue weighted by Gasteiger charge is -2.40. The summed E-state index contributed by atoms with van der Waals surface area (Å²) in [5, 5.41) is 0. The Balaban J connectivity index is 1.74. The van der Waals surface area contributed by atoms with Crippen molar-refractivity contribution >= 4 is 5.91 Å².